The van der Waals surface area contributed by atoms with Crippen molar-refractivity contribution in [1.82, 2.24) is 5.43 Å². The molecule has 0 saturated carbocycles. The quantitative estimate of drug-likeness (QED) is 0.168. The molecule has 8 nitrogen and oxygen atoms in total. The maximum Gasteiger partial charge on any atom is 0.353 e. The van der Waals surface area contributed by atoms with Gasteiger partial charge in [-0.2, -0.15) is 5.10 Å². The third kappa shape index (κ3) is 6.02. The molecule has 0 atom stereocenters. The lowest BCUT2D eigenvalue weighted by molar-refractivity contribution is -0.136. The molecule has 2 N–H and O–H groups in total. The third-order valence-electron chi connectivity index (χ3n) is 4.14. The second kappa shape index (κ2) is 10.7. The number of anilines is 1. The fourth-order valence-electron chi connectivity index (χ4n) is 2.49. The van der Waals surface area contributed by atoms with Crippen molar-refractivity contribution < 1.29 is 23.9 Å². The summed E-state index contributed by atoms with van der Waals surface area (Å²) in [7, 11) is 1.45. The number of carbonyl (C=O) groups is 3. The summed E-state index contributed by atoms with van der Waals surface area (Å²) in [5.41, 5.74) is 3.72. The van der Waals surface area contributed by atoms with Crippen molar-refractivity contribution in [3.8, 4) is 11.5 Å². The number of halogens is 1. The number of amides is 2. The minimum atomic E-state index is -0.916. The van der Waals surface area contributed by atoms with Gasteiger partial charge in [-0.05, 0) is 60.8 Å². The number of ether oxygens (including phenoxy) is 2. The zero-order valence-electron chi connectivity index (χ0n) is 17.0. The average molecular weight is 516 g/mol. The largest absolute Gasteiger partial charge is 0.493 e. The highest BCUT2D eigenvalue weighted by atomic mass is 79.9. The second-order valence-corrected chi connectivity index (χ2v) is 8.19. The number of nitrogens with zero attached hydrogens (tertiary/aromatic N) is 1. The highest BCUT2D eigenvalue weighted by Crippen LogP contribution is 2.29. The summed E-state index contributed by atoms with van der Waals surface area (Å²) in [5.74, 6) is -1.68. The Kier molecular flexibility index (Phi) is 7.74. The molecule has 0 radical (unpaired) electrons. The lowest BCUT2D eigenvalue weighted by Gasteiger charge is -2.11. The van der Waals surface area contributed by atoms with Crippen LogP contribution in [0, 0.1) is 0 Å². The van der Waals surface area contributed by atoms with Crippen LogP contribution in [0.1, 0.15) is 22.2 Å². The molecule has 0 saturated heterocycles. The standard InChI is InChI=1S/C22H18BrN3O5S/c1-13(25-26-21(28)20(27)24-16-8-6-15(23)7-9-16)14-5-10-17(18(12-14)30-2)31-22(29)19-4-3-11-32-19/h3-12H,1-2H3,(H,24,27)(H,26,28). The Morgan fingerprint density at radius 1 is 1.00 bits per heavy atom. The van der Waals surface area contributed by atoms with Gasteiger partial charge in [0.15, 0.2) is 11.5 Å². The van der Waals surface area contributed by atoms with E-state index < -0.39 is 17.8 Å². The van der Waals surface area contributed by atoms with Gasteiger partial charge in [-0.1, -0.05) is 22.0 Å². The Morgan fingerprint density at radius 3 is 2.41 bits per heavy atom. The van der Waals surface area contributed by atoms with Crippen molar-refractivity contribution >= 4 is 56.4 Å². The highest BCUT2D eigenvalue weighted by molar-refractivity contribution is 9.10. The number of hydrogen-bond acceptors (Lipinski definition) is 7. The van der Waals surface area contributed by atoms with Crippen molar-refractivity contribution in [3.05, 3.63) is 74.9 Å². The summed E-state index contributed by atoms with van der Waals surface area (Å²) >= 11 is 4.57. The molecule has 164 valence electrons. The van der Waals surface area contributed by atoms with E-state index in [0.717, 1.165) is 4.47 Å². The van der Waals surface area contributed by atoms with Gasteiger partial charge in [0.25, 0.3) is 0 Å². The predicted molar refractivity (Wildman–Crippen MR) is 125 cm³/mol. The van der Waals surface area contributed by atoms with E-state index in [1.807, 2.05) is 0 Å². The zero-order valence-corrected chi connectivity index (χ0v) is 19.5. The molecular formula is C22H18BrN3O5S. The van der Waals surface area contributed by atoms with Crippen molar-refractivity contribution in [2.45, 2.75) is 6.92 Å². The summed E-state index contributed by atoms with van der Waals surface area (Å²) in [4.78, 5) is 36.7. The molecule has 3 rings (SSSR count). The van der Waals surface area contributed by atoms with Gasteiger partial charge in [0.2, 0.25) is 0 Å². The fraction of sp³-hybridized carbons (Fsp3) is 0.0909. The first-order valence-electron chi connectivity index (χ1n) is 9.22. The van der Waals surface area contributed by atoms with Gasteiger partial charge in [0, 0.05) is 15.7 Å². The van der Waals surface area contributed by atoms with E-state index in [2.05, 4.69) is 31.8 Å². The smallest absolute Gasteiger partial charge is 0.353 e. The minimum absolute atomic E-state index is 0.250. The van der Waals surface area contributed by atoms with Crippen molar-refractivity contribution in [1.29, 1.82) is 0 Å². The number of hydrazone groups is 1. The molecule has 0 aliphatic heterocycles. The molecule has 0 aliphatic carbocycles. The van der Waals surface area contributed by atoms with Gasteiger partial charge in [0.1, 0.15) is 4.88 Å². The van der Waals surface area contributed by atoms with Gasteiger partial charge in [0.05, 0.1) is 12.8 Å². The molecule has 3 aromatic rings. The molecule has 0 spiro atoms. The van der Waals surface area contributed by atoms with Crippen LogP contribution in [0.25, 0.3) is 0 Å². The number of thiophene rings is 1. The van der Waals surface area contributed by atoms with Gasteiger partial charge >= 0.3 is 17.8 Å². The van der Waals surface area contributed by atoms with Crippen LogP contribution < -0.4 is 20.2 Å². The number of rotatable bonds is 6. The van der Waals surface area contributed by atoms with Crippen LogP contribution in [0.3, 0.4) is 0 Å². The van der Waals surface area contributed by atoms with E-state index in [1.165, 1.54) is 18.4 Å². The van der Waals surface area contributed by atoms with E-state index in [9.17, 15) is 14.4 Å². The number of hydrogen-bond donors (Lipinski definition) is 2. The molecule has 0 fully saturated rings. The number of methoxy groups -OCH3 is 1. The third-order valence-corrected chi connectivity index (χ3v) is 5.52. The Morgan fingerprint density at radius 2 is 1.75 bits per heavy atom. The Labute approximate surface area is 196 Å². The number of carbonyl (C=O) groups excluding carboxylic acids is 3. The van der Waals surface area contributed by atoms with Crippen LogP contribution in [0.4, 0.5) is 5.69 Å². The summed E-state index contributed by atoms with van der Waals surface area (Å²) in [6, 6.07) is 15.1. The van der Waals surface area contributed by atoms with Gasteiger partial charge in [-0.3, -0.25) is 9.59 Å². The van der Waals surface area contributed by atoms with Gasteiger partial charge in [-0.25, -0.2) is 10.2 Å². The Hall–Kier alpha value is -3.50. The van der Waals surface area contributed by atoms with E-state index in [4.69, 9.17) is 9.47 Å². The van der Waals surface area contributed by atoms with Crippen LogP contribution in [-0.4, -0.2) is 30.6 Å². The summed E-state index contributed by atoms with van der Waals surface area (Å²) in [6.45, 7) is 1.65. The highest BCUT2D eigenvalue weighted by Gasteiger charge is 2.16. The first kappa shape index (κ1) is 23.2. The fourth-order valence-corrected chi connectivity index (χ4v) is 3.36. The number of nitrogens with one attached hydrogen (secondary N) is 2. The maximum atomic E-state index is 12.2. The number of esters is 1. The first-order valence-corrected chi connectivity index (χ1v) is 10.9. The van der Waals surface area contributed by atoms with E-state index >= 15 is 0 Å². The van der Waals surface area contributed by atoms with E-state index in [1.54, 1.807) is 66.9 Å². The van der Waals surface area contributed by atoms with Crippen molar-refractivity contribution in [2.75, 3.05) is 12.4 Å². The van der Waals surface area contributed by atoms with Crippen LogP contribution in [0.15, 0.2) is 69.6 Å². The van der Waals surface area contributed by atoms with Crippen LogP contribution in [0.2, 0.25) is 0 Å². The molecule has 2 aromatic carbocycles. The Balaban J connectivity index is 1.64. The lowest BCUT2D eigenvalue weighted by atomic mass is 10.1. The molecule has 1 aromatic heterocycles. The number of benzene rings is 2. The van der Waals surface area contributed by atoms with Gasteiger partial charge in [-0.15, -0.1) is 11.3 Å². The van der Waals surface area contributed by atoms with Crippen molar-refractivity contribution in [3.63, 3.8) is 0 Å². The predicted octanol–water partition coefficient (Wildman–Crippen LogP) is 4.22. The first-order chi connectivity index (χ1) is 15.4. The maximum absolute atomic E-state index is 12.2. The SMILES string of the molecule is COc1cc(C(C)=NNC(=O)C(=O)Nc2ccc(Br)cc2)ccc1OC(=O)c1cccs1. The van der Waals surface area contributed by atoms with Crippen LogP contribution in [-0.2, 0) is 9.59 Å². The molecule has 0 aliphatic rings. The average Bonchev–Trinajstić information content (AvgIpc) is 3.34. The molecule has 0 bridgehead atoms. The lowest BCUT2D eigenvalue weighted by Crippen LogP contribution is -2.32. The van der Waals surface area contributed by atoms with Crippen LogP contribution >= 0.6 is 27.3 Å². The normalized spacial score (nSPS) is 10.9. The molecule has 32 heavy (non-hydrogen) atoms. The summed E-state index contributed by atoms with van der Waals surface area (Å²) in [6.07, 6.45) is 0. The molecule has 2 amide bonds. The van der Waals surface area contributed by atoms with E-state index in [-0.39, 0.29) is 5.75 Å². The van der Waals surface area contributed by atoms with Crippen LogP contribution in [0.5, 0.6) is 11.5 Å². The zero-order chi connectivity index (χ0) is 23.1. The van der Waals surface area contributed by atoms with E-state index in [0.29, 0.717) is 27.6 Å². The molecule has 10 heteroatoms. The Bertz CT molecular complexity index is 1160. The minimum Gasteiger partial charge on any atom is -0.493 e. The summed E-state index contributed by atoms with van der Waals surface area (Å²) < 4.78 is 11.5. The monoisotopic (exact) mass is 515 g/mol. The van der Waals surface area contributed by atoms with Gasteiger partial charge < -0.3 is 14.8 Å². The second-order valence-electron chi connectivity index (χ2n) is 6.33. The molecule has 1 heterocycles. The molecular weight excluding hydrogens is 498 g/mol. The summed E-state index contributed by atoms with van der Waals surface area (Å²) in [5, 5.41) is 8.23. The molecule has 0 unspecified atom stereocenters. The topological polar surface area (TPSA) is 106 Å². The van der Waals surface area contributed by atoms with Crippen molar-refractivity contribution in [2.24, 2.45) is 5.10 Å².